The Morgan fingerprint density at radius 3 is 2.52 bits per heavy atom. The van der Waals surface area contributed by atoms with E-state index in [4.69, 9.17) is 0 Å². The molecule has 5 nitrogen and oxygen atoms in total. The van der Waals surface area contributed by atoms with E-state index in [1.54, 1.807) is 33.7 Å². The van der Waals surface area contributed by atoms with Gasteiger partial charge in [-0.3, -0.25) is 4.79 Å². The first-order valence-electron chi connectivity index (χ1n) is 10.9. The molecule has 0 fully saturated rings. The Morgan fingerprint density at radius 2 is 1.67 bits per heavy atom. The normalized spacial score (nSPS) is 13.8. The van der Waals surface area contributed by atoms with Crippen LogP contribution in [0.1, 0.15) is 17.5 Å². The van der Waals surface area contributed by atoms with Gasteiger partial charge in [0.2, 0.25) is 5.91 Å². The van der Waals surface area contributed by atoms with E-state index in [9.17, 15) is 17.6 Å². The highest BCUT2D eigenvalue weighted by atomic mass is 32.2. The van der Waals surface area contributed by atoms with Crippen LogP contribution in [0.15, 0.2) is 83.9 Å². The molecular weight excluding hydrogens is 439 g/mol. The molecule has 0 spiro atoms. The van der Waals surface area contributed by atoms with Gasteiger partial charge in [-0.1, -0.05) is 54.6 Å². The van der Waals surface area contributed by atoms with E-state index in [0.29, 0.717) is 17.4 Å². The first-order chi connectivity index (χ1) is 15.9. The molecule has 0 saturated heterocycles. The summed E-state index contributed by atoms with van der Waals surface area (Å²) < 4.78 is 42.3. The van der Waals surface area contributed by atoms with Gasteiger partial charge in [0.1, 0.15) is 12.4 Å². The van der Waals surface area contributed by atoms with E-state index in [-0.39, 0.29) is 22.9 Å². The molecule has 3 aromatic carbocycles. The highest BCUT2D eigenvalue weighted by Crippen LogP contribution is 2.30. The lowest BCUT2D eigenvalue weighted by molar-refractivity contribution is -0.119. The molecule has 1 aliphatic heterocycles. The maximum atomic E-state index is 14.1. The zero-order valence-electron chi connectivity index (χ0n) is 17.9. The molecule has 0 saturated carbocycles. The number of hydrogen-bond donors (Lipinski definition) is 0. The van der Waals surface area contributed by atoms with Crippen molar-refractivity contribution >= 4 is 32.3 Å². The van der Waals surface area contributed by atoms with E-state index in [2.05, 4.69) is 0 Å². The molecule has 7 heteroatoms. The molecule has 0 N–H and O–H groups in total. The standard InChI is InChI=1S/C26H23FN2O3S/c27-22-12-4-1-9-20(22)18-33(31,32)25-16-28(24-14-6-3-11-21(24)25)17-26(30)29-15-7-10-19-8-2-5-13-23(19)29/h1-6,8-9,11-14,16H,7,10,15,17-18H2. The Balaban J connectivity index is 1.50. The van der Waals surface area contributed by atoms with Crippen LogP contribution in [0.5, 0.6) is 0 Å². The second kappa shape index (κ2) is 8.48. The topological polar surface area (TPSA) is 59.4 Å². The first kappa shape index (κ1) is 21.4. The van der Waals surface area contributed by atoms with Crippen molar-refractivity contribution in [2.24, 2.45) is 0 Å². The monoisotopic (exact) mass is 462 g/mol. The summed E-state index contributed by atoms with van der Waals surface area (Å²) in [5.41, 5.74) is 2.83. The van der Waals surface area contributed by atoms with Crippen molar-refractivity contribution in [2.75, 3.05) is 11.4 Å². The molecule has 0 atom stereocenters. The number of rotatable bonds is 5. The summed E-state index contributed by atoms with van der Waals surface area (Å²) in [4.78, 5) is 15.2. The summed E-state index contributed by atoms with van der Waals surface area (Å²) >= 11 is 0. The molecule has 0 unspecified atom stereocenters. The van der Waals surface area contributed by atoms with Crippen molar-refractivity contribution in [3.05, 3.63) is 95.9 Å². The third-order valence-electron chi connectivity index (χ3n) is 6.11. The predicted molar refractivity (Wildman–Crippen MR) is 126 cm³/mol. The van der Waals surface area contributed by atoms with Gasteiger partial charge in [-0.2, -0.15) is 0 Å². The Labute approximate surface area is 192 Å². The predicted octanol–water partition coefficient (Wildman–Crippen LogP) is 4.73. The van der Waals surface area contributed by atoms with Crippen LogP contribution in [0.3, 0.4) is 0 Å². The van der Waals surface area contributed by atoms with Gasteiger partial charge in [0.25, 0.3) is 0 Å². The van der Waals surface area contributed by atoms with E-state index in [0.717, 1.165) is 24.1 Å². The highest BCUT2D eigenvalue weighted by Gasteiger charge is 2.26. The fourth-order valence-electron chi connectivity index (χ4n) is 4.51. The number of amides is 1. The third kappa shape index (κ3) is 4.04. The minimum absolute atomic E-state index is 0.0179. The number of para-hydroxylation sites is 2. The van der Waals surface area contributed by atoms with E-state index in [1.807, 2.05) is 30.3 Å². The number of sulfone groups is 1. The summed E-state index contributed by atoms with van der Waals surface area (Å²) in [5.74, 6) is -1.09. The van der Waals surface area contributed by atoms with Crippen molar-refractivity contribution in [1.82, 2.24) is 4.57 Å². The average Bonchev–Trinajstić information content (AvgIpc) is 3.19. The van der Waals surface area contributed by atoms with Gasteiger partial charge in [0, 0.05) is 34.9 Å². The smallest absolute Gasteiger partial charge is 0.246 e. The van der Waals surface area contributed by atoms with Crippen molar-refractivity contribution < 1.29 is 17.6 Å². The third-order valence-corrected chi connectivity index (χ3v) is 7.79. The molecule has 1 amide bonds. The number of aromatic nitrogens is 1. The maximum Gasteiger partial charge on any atom is 0.246 e. The number of benzene rings is 3. The average molecular weight is 463 g/mol. The van der Waals surface area contributed by atoms with Crippen LogP contribution in [0, 0.1) is 5.82 Å². The second-order valence-electron chi connectivity index (χ2n) is 8.27. The summed E-state index contributed by atoms with van der Waals surface area (Å²) in [5, 5.41) is 0.528. The fraction of sp³-hybridized carbons (Fsp3) is 0.192. The van der Waals surface area contributed by atoms with Gasteiger partial charge in [-0.05, 0) is 36.6 Å². The molecule has 0 bridgehead atoms. The van der Waals surface area contributed by atoms with Crippen molar-refractivity contribution in [3.8, 4) is 0 Å². The molecule has 33 heavy (non-hydrogen) atoms. The molecule has 0 radical (unpaired) electrons. The van der Waals surface area contributed by atoms with Gasteiger partial charge in [-0.15, -0.1) is 0 Å². The Morgan fingerprint density at radius 1 is 0.939 bits per heavy atom. The van der Waals surface area contributed by atoms with E-state index >= 15 is 0 Å². The number of anilines is 1. The molecule has 168 valence electrons. The molecule has 1 aliphatic rings. The molecular formula is C26H23FN2O3S. The van der Waals surface area contributed by atoms with Crippen LogP contribution < -0.4 is 4.90 Å². The lowest BCUT2D eigenvalue weighted by Crippen LogP contribution is -2.37. The van der Waals surface area contributed by atoms with Crippen LogP contribution in [0.2, 0.25) is 0 Å². The van der Waals surface area contributed by atoms with Crippen molar-refractivity contribution in [2.45, 2.75) is 30.0 Å². The molecule has 5 rings (SSSR count). The number of halogens is 1. The maximum absolute atomic E-state index is 14.1. The molecule has 2 heterocycles. The van der Waals surface area contributed by atoms with Gasteiger partial charge in [0.05, 0.1) is 10.6 Å². The van der Waals surface area contributed by atoms with Crippen LogP contribution >= 0.6 is 0 Å². The zero-order chi connectivity index (χ0) is 23.0. The summed E-state index contributed by atoms with van der Waals surface area (Å²) in [6, 6.07) is 20.8. The number of carbonyl (C=O) groups excluding carboxylic acids is 1. The minimum atomic E-state index is -3.84. The van der Waals surface area contributed by atoms with Gasteiger partial charge in [-0.25, -0.2) is 12.8 Å². The van der Waals surface area contributed by atoms with Crippen LogP contribution in [-0.4, -0.2) is 25.4 Å². The lowest BCUT2D eigenvalue weighted by atomic mass is 10.0. The minimum Gasteiger partial charge on any atom is -0.337 e. The molecule has 4 aromatic rings. The Bertz CT molecular complexity index is 1460. The summed E-state index contributed by atoms with van der Waals surface area (Å²) in [7, 11) is -3.84. The van der Waals surface area contributed by atoms with Crippen LogP contribution in [0.4, 0.5) is 10.1 Å². The van der Waals surface area contributed by atoms with Gasteiger partial charge < -0.3 is 9.47 Å². The fourth-order valence-corrected chi connectivity index (χ4v) is 6.11. The van der Waals surface area contributed by atoms with E-state index < -0.39 is 21.4 Å². The first-order valence-corrected chi connectivity index (χ1v) is 12.5. The largest absolute Gasteiger partial charge is 0.337 e. The van der Waals surface area contributed by atoms with Crippen molar-refractivity contribution in [1.29, 1.82) is 0 Å². The number of carbonyl (C=O) groups is 1. The zero-order valence-corrected chi connectivity index (χ0v) is 18.8. The van der Waals surface area contributed by atoms with Gasteiger partial charge >= 0.3 is 0 Å². The van der Waals surface area contributed by atoms with Crippen molar-refractivity contribution in [3.63, 3.8) is 0 Å². The van der Waals surface area contributed by atoms with Gasteiger partial charge in [0.15, 0.2) is 9.84 Å². The highest BCUT2D eigenvalue weighted by molar-refractivity contribution is 7.90. The lowest BCUT2D eigenvalue weighted by Gasteiger charge is -2.29. The molecule has 0 aliphatic carbocycles. The Hall–Kier alpha value is -3.45. The number of fused-ring (bicyclic) bond motifs is 2. The SMILES string of the molecule is O=C(Cn1cc(S(=O)(=O)Cc2ccccc2F)c2ccccc21)N1CCCc2ccccc21. The number of aryl methyl sites for hydroxylation is 1. The van der Waals surface area contributed by atoms with Crippen LogP contribution in [-0.2, 0) is 33.4 Å². The Kier molecular flexibility index (Phi) is 5.50. The number of hydrogen-bond acceptors (Lipinski definition) is 3. The second-order valence-corrected chi connectivity index (χ2v) is 10.2. The van der Waals surface area contributed by atoms with E-state index in [1.165, 1.54) is 24.4 Å². The summed E-state index contributed by atoms with van der Waals surface area (Å²) in [6.45, 7) is 0.650. The quantitative estimate of drug-likeness (QED) is 0.431. The summed E-state index contributed by atoms with van der Waals surface area (Å²) in [6.07, 6.45) is 3.33. The number of nitrogens with zero attached hydrogens (tertiary/aromatic N) is 2. The van der Waals surface area contributed by atoms with Crippen LogP contribution in [0.25, 0.3) is 10.9 Å². The molecule has 1 aromatic heterocycles.